The average molecular weight is 604 g/mol. The minimum Gasteiger partial charge on any atom is -0.354 e. The predicted octanol–water partition coefficient (Wildman–Crippen LogP) is 5.07. The highest BCUT2D eigenvalue weighted by Crippen LogP contribution is 2.31. The molecule has 0 aliphatic rings. The normalized spacial score (nSPS) is 14.0. The molecule has 10 heteroatoms. The summed E-state index contributed by atoms with van der Waals surface area (Å²) in [6.07, 6.45) is 6.92. The highest BCUT2D eigenvalue weighted by molar-refractivity contribution is 5.83. The molecule has 4 unspecified atom stereocenters. The van der Waals surface area contributed by atoms with Crippen LogP contribution in [0.3, 0.4) is 0 Å². The molecule has 0 aliphatic carbocycles. The van der Waals surface area contributed by atoms with E-state index in [1.807, 2.05) is 59.0 Å². The van der Waals surface area contributed by atoms with Crippen LogP contribution in [0.5, 0.6) is 0 Å². The van der Waals surface area contributed by atoms with E-state index in [1.54, 1.807) is 10.9 Å². The summed E-state index contributed by atoms with van der Waals surface area (Å²) < 4.78 is 1.80. The van der Waals surface area contributed by atoms with Crippen LogP contribution in [0.1, 0.15) is 90.7 Å². The summed E-state index contributed by atoms with van der Waals surface area (Å²) in [7, 11) is 0. The van der Waals surface area contributed by atoms with E-state index in [2.05, 4.69) is 62.4 Å². The maximum Gasteiger partial charge on any atom is 0.224 e. The average Bonchev–Trinajstić information content (AvgIpc) is 3.49. The maximum absolute atomic E-state index is 13.4. The molecule has 2 aromatic heterocycles. The van der Waals surface area contributed by atoms with E-state index in [9.17, 15) is 14.4 Å². The van der Waals surface area contributed by atoms with Crippen molar-refractivity contribution in [1.82, 2.24) is 35.9 Å². The third kappa shape index (κ3) is 10.3. The number of hydrogen-bond donors (Lipinski definition) is 3. The highest BCUT2D eigenvalue weighted by Gasteiger charge is 2.29. The number of carbonyl (C=O) groups is 3. The Balaban J connectivity index is 1.66. The molecular weight excluding hydrogens is 554 g/mol. The van der Waals surface area contributed by atoms with Gasteiger partial charge >= 0.3 is 0 Å². The van der Waals surface area contributed by atoms with Crippen molar-refractivity contribution < 1.29 is 14.4 Å². The first-order valence-electron chi connectivity index (χ1n) is 15.9. The molecule has 0 fully saturated rings. The number of carbonyl (C=O) groups excluding carboxylic acids is 3. The van der Waals surface area contributed by atoms with Gasteiger partial charge in [-0.05, 0) is 75.1 Å². The second-order valence-electron chi connectivity index (χ2n) is 11.9. The van der Waals surface area contributed by atoms with Crippen LogP contribution >= 0.6 is 0 Å². The van der Waals surface area contributed by atoms with Crippen molar-refractivity contribution in [3.63, 3.8) is 0 Å². The maximum atomic E-state index is 13.4. The molecular formula is C34H49N7O3. The minimum absolute atomic E-state index is 0.00371. The van der Waals surface area contributed by atoms with Gasteiger partial charge in [0, 0.05) is 30.0 Å². The predicted molar refractivity (Wildman–Crippen MR) is 172 cm³/mol. The van der Waals surface area contributed by atoms with E-state index in [1.165, 1.54) is 0 Å². The SMILES string of the molecule is CCC(C)C(=O)NCNC(=O)C(CC)CC(CC(CC)c1ccc(Cn2cc(-c3ccccn3)nn2)cc1)C(=O)NC(C)C. The second kappa shape index (κ2) is 17.3. The zero-order chi connectivity index (χ0) is 32.1. The lowest BCUT2D eigenvalue weighted by Gasteiger charge is -2.27. The summed E-state index contributed by atoms with van der Waals surface area (Å²) in [6, 6.07) is 14.2. The van der Waals surface area contributed by atoms with Crippen LogP contribution in [0, 0.1) is 17.8 Å². The van der Waals surface area contributed by atoms with Crippen LogP contribution < -0.4 is 16.0 Å². The fourth-order valence-electron chi connectivity index (χ4n) is 5.21. The van der Waals surface area contributed by atoms with Crippen molar-refractivity contribution in [1.29, 1.82) is 0 Å². The molecule has 0 spiro atoms. The number of rotatable bonds is 17. The lowest BCUT2D eigenvalue weighted by atomic mass is 9.81. The van der Waals surface area contributed by atoms with Gasteiger partial charge in [0.25, 0.3) is 0 Å². The third-order valence-electron chi connectivity index (χ3n) is 8.14. The van der Waals surface area contributed by atoms with Gasteiger partial charge in [-0.15, -0.1) is 5.10 Å². The monoisotopic (exact) mass is 603 g/mol. The summed E-state index contributed by atoms with van der Waals surface area (Å²) in [5.41, 5.74) is 3.77. The van der Waals surface area contributed by atoms with E-state index in [0.717, 1.165) is 35.4 Å². The van der Waals surface area contributed by atoms with E-state index < -0.39 is 0 Å². The number of hydrogen-bond acceptors (Lipinski definition) is 6. The van der Waals surface area contributed by atoms with Gasteiger partial charge < -0.3 is 16.0 Å². The van der Waals surface area contributed by atoms with E-state index in [-0.39, 0.29) is 54.1 Å². The van der Waals surface area contributed by atoms with E-state index in [4.69, 9.17) is 0 Å². The number of amides is 3. The largest absolute Gasteiger partial charge is 0.354 e. The first-order valence-corrected chi connectivity index (χ1v) is 15.9. The third-order valence-corrected chi connectivity index (χ3v) is 8.14. The Hall–Kier alpha value is -4.08. The van der Waals surface area contributed by atoms with Crippen LogP contribution in [-0.2, 0) is 20.9 Å². The lowest BCUT2D eigenvalue weighted by Crippen LogP contribution is -2.43. The smallest absolute Gasteiger partial charge is 0.224 e. The Bertz CT molecular complexity index is 1320. The molecule has 0 bridgehead atoms. The van der Waals surface area contributed by atoms with Crippen molar-refractivity contribution in [2.75, 3.05) is 6.67 Å². The number of nitrogens with one attached hydrogen (secondary N) is 3. The fraction of sp³-hybridized carbons (Fsp3) is 0.529. The summed E-state index contributed by atoms with van der Waals surface area (Å²) in [6.45, 7) is 12.5. The molecule has 0 saturated heterocycles. The topological polar surface area (TPSA) is 131 Å². The molecule has 3 aromatic rings. The molecule has 4 atom stereocenters. The summed E-state index contributed by atoms with van der Waals surface area (Å²) >= 11 is 0. The van der Waals surface area contributed by atoms with Crippen molar-refractivity contribution in [3.05, 3.63) is 66.0 Å². The number of aromatic nitrogens is 4. The van der Waals surface area contributed by atoms with E-state index >= 15 is 0 Å². The van der Waals surface area contributed by atoms with Crippen LogP contribution in [0.4, 0.5) is 0 Å². The Morgan fingerprint density at radius 3 is 2.14 bits per heavy atom. The molecule has 3 amide bonds. The van der Waals surface area contributed by atoms with Gasteiger partial charge in [0.1, 0.15) is 5.69 Å². The van der Waals surface area contributed by atoms with Crippen LogP contribution in [0.15, 0.2) is 54.9 Å². The van der Waals surface area contributed by atoms with Crippen molar-refractivity contribution in [2.24, 2.45) is 17.8 Å². The van der Waals surface area contributed by atoms with E-state index in [0.29, 0.717) is 25.8 Å². The summed E-state index contributed by atoms with van der Waals surface area (Å²) in [5.74, 6) is -0.862. The van der Waals surface area contributed by atoms with Crippen LogP contribution in [0.2, 0.25) is 0 Å². The molecule has 3 rings (SSSR count). The molecule has 44 heavy (non-hydrogen) atoms. The Labute approximate surface area is 261 Å². The Kier molecular flexibility index (Phi) is 13.5. The molecule has 0 radical (unpaired) electrons. The zero-order valence-electron chi connectivity index (χ0n) is 27.0. The molecule has 0 saturated carbocycles. The molecule has 2 heterocycles. The van der Waals surface area contributed by atoms with Crippen molar-refractivity contribution in [3.8, 4) is 11.4 Å². The summed E-state index contributed by atoms with van der Waals surface area (Å²) in [4.78, 5) is 42.9. The van der Waals surface area contributed by atoms with Gasteiger partial charge in [0.15, 0.2) is 0 Å². The Morgan fingerprint density at radius 1 is 0.795 bits per heavy atom. The van der Waals surface area contributed by atoms with Gasteiger partial charge in [-0.2, -0.15) is 0 Å². The number of nitrogens with zero attached hydrogens (tertiary/aromatic N) is 4. The first-order chi connectivity index (χ1) is 21.1. The van der Waals surface area contributed by atoms with Gasteiger partial charge in [-0.1, -0.05) is 63.2 Å². The van der Waals surface area contributed by atoms with Gasteiger partial charge in [0.2, 0.25) is 17.7 Å². The zero-order valence-corrected chi connectivity index (χ0v) is 27.0. The fourth-order valence-corrected chi connectivity index (χ4v) is 5.21. The summed E-state index contributed by atoms with van der Waals surface area (Å²) in [5, 5.41) is 17.2. The highest BCUT2D eigenvalue weighted by atomic mass is 16.2. The van der Waals surface area contributed by atoms with Gasteiger partial charge in [-0.3, -0.25) is 19.4 Å². The molecule has 3 N–H and O–H groups in total. The van der Waals surface area contributed by atoms with Gasteiger partial charge in [-0.25, -0.2) is 4.68 Å². The van der Waals surface area contributed by atoms with Crippen molar-refractivity contribution in [2.45, 2.75) is 92.2 Å². The molecule has 10 nitrogen and oxygen atoms in total. The van der Waals surface area contributed by atoms with Crippen LogP contribution in [-0.4, -0.2) is 50.4 Å². The first kappa shape index (κ1) is 34.4. The van der Waals surface area contributed by atoms with Crippen molar-refractivity contribution >= 4 is 17.7 Å². The molecule has 0 aliphatic heterocycles. The molecule has 238 valence electrons. The Morgan fingerprint density at radius 2 is 1.52 bits per heavy atom. The quantitative estimate of drug-likeness (QED) is 0.185. The molecule has 1 aromatic carbocycles. The minimum atomic E-state index is -0.336. The standard InChI is InChI=1S/C34H49N7O3/c1-7-24(6)32(42)36-22-37-33(43)27(9-3)19-29(34(44)38-23(4)5)18-26(8-2)28-15-13-25(14-16-28)20-41-21-31(39-40-41)30-12-10-11-17-35-30/h10-17,21,23-24,26-27,29H,7-9,18-20,22H2,1-6H3,(H,36,42)(H,37,43)(H,38,44). The number of benzene rings is 1. The second-order valence-corrected chi connectivity index (χ2v) is 11.9. The number of pyridine rings is 1. The lowest BCUT2D eigenvalue weighted by molar-refractivity contribution is -0.129. The van der Waals surface area contributed by atoms with Gasteiger partial charge in [0.05, 0.1) is 25.1 Å². The van der Waals surface area contributed by atoms with Crippen LogP contribution in [0.25, 0.3) is 11.4 Å².